The first-order valence-electron chi connectivity index (χ1n) is 7.74. The van der Waals surface area contributed by atoms with Gasteiger partial charge in [-0.25, -0.2) is 4.79 Å². The SMILES string of the molecule is CCNC(=NCC(C)C)NC1CN(C(=O)OC(C)(C)C)C1.I. The van der Waals surface area contributed by atoms with E-state index >= 15 is 0 Å². The Labute approximate surface area is 151 Å². The summed E-state index contributed by atoms with van der Waals surface area (Å²) in [6.45, 7) is 14.9. The van der Waals surface area contributed by atoms with E-state index in [1.807, 2.05) is 27.7 Å². The Balaban J connectivity index is 0.00000441. The molecule has 6 nitrogen and oxygen atoms in total. The first kappa shape index (κ1) is 21.3. The molecule has 1 saturated heterocycles. The van der Waals surface area contributed by atoms with Gasteiger partial charge in [-0.05, 0) is 33.6 Å². The summed E-state index contributed by atoms with van der Waals surface area (Å²) in [5.41, 5.74) is -0.441. The van der Waals surface area contributed by atoms with Crippen molar-refractivity contribution in [2.45, 2.75) is 53.2 Å². The maximum atomic E-state index is 11.8. The van der Waals surface area contributed by atoms with Crippen molar-refractivity contribution in [3.63, 3.8) is 0 Å². The van der Waals surface area contributed by atoms with Gasteiger partial charge in [0.2, 0.25) is 0 Å². The smallest absolute Gasteiger partial charge is 0.410 e. The summed E-state index contributed by atoms with van der Waals surface area (Å²) in [5.74, 6) is 1.35. The molecule has 0 bridgehead atoms. The van der Waals surface area contributed by atoms with Crippen LogP contribution >= 0.6 is 24.0 Å². The third-order valence-corrected chi connectivity index (χ3v) is 2.83. The predicted molar refractivity (Wildman–Crippen MR) is 101 cm³/mol. The van der Waals surface area contributed by atoms with Crippen LogP contribution in [0.4, 0.5) is 4.79 Å². The highest BCUT2D eigenvalue weighted by Gasteiger charge is 2.34. The van der Waals surface area contributed by atoms with Gasteiger partial charge in [-0.15, -0.1) is 24.0 Å². The summed E-state index contributed by atoms with van der Waals surface area (Å²) in [5, 5.41) is 6.57. The molecular formula is C15H31IN4O2. The van der Waals surface area contributed by atoms with E-state index in [4.69, 9.17) is 4.74 Å². The van der Waals surface area contributed by atoms with Gasteiger partial charge in [-0.3, -0.25) is 4.99 Å². The van der Waals surface area contributed by atoms with Crippen molar-refractivity contribution in [3.8, 4) is 0 Å². The second-order valence-corrected chi connectivity index (χ2v) is 6.84. The van der Waals surface area contributed by atoms with Gasteiger partial charge < -0.3 is 20.3 Å². The van der Waals surface area contributed by atoms with E-state index in [2.05, 4.69) is 29.5 Å². The lowest BCUT2D eigenvalue weighted by atomic mass is 10.1. The zero-order valence-electron chi connectivity index (χ0n) is 14.6. The van der Waals surface area contributed by atoms with Crippen LogP contribution in [0.1, 0.15) is 41.5 Å². The molecule has 0 aliphatic carbocycles. The van der Waals surface area contributed by atoms with E-state index in [0.29, 0.717) is 19.0 Å². The Kier molecular flexibility index (Phi) is 9.11. The summed E-state index contributed by atoms with van der Waals surface area (Å²) in [6, 6.07) is 0.238. The lowest BCUT2D eigenvalue weighted by molar-refractivity contribution is 0.00701. The first-order valence-corrected chi connectivity index (χ1v) is 7.74. The molecule has 1 rings (SSSR count). The number of carbonyl (C=O) groups excluding carboxylic acids is 1. The highest BCUT2D eigenvalue weighted by Crippen LogP contribution is 2.15. The van der Waals surface area contributed by atoms with Crippen molar-refractivity contribution >= 4 is 36.0 Å². The summed E-state index contributed by atoms with van der Waals surface area (Å²) < 4.78 is 5.33. The Morgan fingerprint density at radius 2 is 1.95 bits per heavy atom. The molecule has 0 radical (unpaired) electrons. The van der Waals surface area contributed by atoms with Crippen LogP contribution in [0.25, 0.3) is 0 Å². The van der Waals surface area contributed by atoms with Crippen molar-refractivity contribution < 1.29 is 9.53 Å². The number of aliphatic imine (C=N–C) groups is 1. The number of halogens is 1. The Hall–Kier alpha value is -0.730. The summed E-state index contributed by atoms with van der Waals surface area (Å²) in [4.78, 5) is 18.1. The van der Waals surface area contributed by atoms with E-state index in [1.165, 1.54) is 0 Å². The topological polar surface area (TPSA) is 66.0 Å². The van der Waals surface area contributed by atoms with Gasteiger partial charge in [0.15, 0.2) is 5.96 Å². The normalized spacial score (nSPS) is 16.0. The number of hydrogen-bond acceptors (Lipinski definition) is 3. The molecule has 0 spiro atoms. The van der Waals surface area contributed by atoms with Crippen LogP contribution in [0.5, 0.6) is 0 Å². The lowest BCUT2D eigenvalue weighted by Crippen LogP contribution is -2.63. The van der Waals surface area contributed by atoms with E-state index in [0.717, 1.165) is 19.0 Å². The minimum Gasteiger partial charge on any atom is -0.444 e. The van der Waals surface area contributed by atoms with E-state index in [-0.39, 0.29) is 36.1 Å². The van der Waals surface area contributed by atoms with Crippen molar-refractivity contribution in [2.75, 3.05) is 26.2 Å². The van der Waals surface area contributed by atoms with Gasteiger partial charge >= 0.3 is 6.09 Å². The van der Waals surface area contributed by atoms with Gasteiger partial charge in [0.1, 0.15) is 5.60 Å². The molecule has 22 heavy (non-hydrogen) atoms. The number of rotatable bonds is 4. The van der Waals surface area contributed by atoms with Crippen molar-refractivity contribution in [3.05, 3.63) is 0 Å². The van der Waals surface area contributed by atoms with Crippen LogP contribution in [0.2, 0.25) is 0 Å². The Morgan fingerprint density at radius 1 is 1.36 bits per heavy atom. The zero-order valence-corrected chi connectivity index (χ0v) is 16.9. The average Bonchev–Trinajstić information content (AvgIpc) is 2.27. The van der Waals surface area contributed by atoms with Crippen molar-refractivity contribution in [2.24, 2.45) is 10.9 Å². The molecule has 0 atom stereocenters. The van der Waals surface area contributed by atoms with Crippen LogP contribution in [-0.4, -0.2) is 54.8 Å². The molecule has 0 saturated carbocycles. The van der Waals surface area contributed by atoms with Gasteiger partial charge in [-0.1, -0.05) is 13.8 Å². The number of ether oxygens (including phenoxy) is 1. The van der Waals surface area contributed by atoms with Crippen LogP contribution < -0.4 is 10.6 Å². The lowest BCUT2D eigenvalue weighted by Gasteiger charge is -2.40. The van der Waals surface area contributed by atoms with Crippen molar-refractivity contribution in [1.29, 1.82) is 0 Å². The van der Waals surface area contributed by atoms with Crippen molar-refractivity contribution in [1.82, 2.24) is 15.5 Å². The first-order chi connectivity index (χ1) is 9.71. The van der Waals surface area contributed by atoms with Gasteiger partial charge in [-0.2, -0.15) is 0 Å². The van der Waals surface area contributed by atoms with E-state index in [9.17, 15) is 4.79 Å². The molecular weight excluding hydrogens is 395 g/mol. The summed E-state index contributed by atoms with van der Waals surface area (Å²) >= 11 is 0. The number of nitrogens with zero attached hydrogens (tertiary/aromatic N) is 2. The molecule has 1 amide bonds. The number of guanidine groups is 1. The van der Waals surface area contributed by atoms with Crippen LogP contribution in [-0.2, 0) is 4.74 Å². The third kappa shape index (κ3) is 8.05. The third-order valence-electron chi connectivity index (χ3n) is 2.83. The van der Waals surface area contributed by atoms with Crippen LogP contribution in [0.3, 0.4) is 0 Å². The molecule has 1 fully saturated rings. The highest BCUT2D eigenvalue weighted by molar-refractivity contribution is 14.0. The fourth-order valence-corrected chi connectivity index (χ4v) is 1.83. The molecule has 2 N–H and O–H groups in total. The standard InChI is InChI=1S/C15H30N4O2.HI/c1-7-16-13(17-8-11(2)3)18-12-9-19(10-12)14(20)21-15(4,5)6;/h11-12H,7-10H2,1-6H3,(H2,16,17,18);1H. The quantitative estimate of drug-likeness (QED) is 0.412. The molecule has 1 aliphatic heterocycles. The summed E-state index contributed by atoms with van der Waals surface area (Å²) in [6.07, 6.45) is -0.246. The van der Waals surface area contributed by atoms with Gasteiger partial charge in [0, 0.05) is 26.2 Å². The number of carbonyl (C=O) groups is 1. The minimum atomic E-state index is -0.441. The molecule has 0 aromatic rings. The average molecular weight is 426 g/mol. The summed E-state index contributed by atoms with van der Waals surface area (Å²) in [7, 11) is 0. The largest absolute Gasteiger partial charge is 0.444 e. The van der Waals surface area contributed by atoms with Gasteiger partial charge in [0.25, 0.3) is 0 Å². The molecule has 7 heteroatoms. The Bertz CT molecular complexity index is 374. The maximum Gasteiger partial charge on any atom is 0.410 e. The minimum absolute atomic E-state index is 0. The second kappa shape index (κ2) is 9.42. The number of likely N-dealkylation sites (tertiary alicyclic amines) is 1. The highest BCUT2D eigenvalue weighted by atomic mass is 127. The molecule has 0 unspecified atom stereocenters. The molecule has 130 valence electrons. The molecule has 0 aromatic carbocycles. The number of hydrogen-bond donors (Lipinski definition) is 2. The maximum absolute atomic E-state index is 11.8. The predicted octanol–water partition coefficient (Wildman–Crippen LogP) is 2.43. The van der Waals surface area contributed by atoms with Crippen LogP contribution in [0.15, 0.2) is 4.99 Å². The van der Waals surface area contributed by atoms with E-state index in [1.54, 1.807) is 4.90 Å². The fourth-order valence-electron chi connectivity index (χ4n) is 1.83. The number of nitrogens with one attached hydrogen (secondary N) is 2. The molecule has 0 aromatic heterocycles. The zero-order chi connectivity index (χ0) is 16.0. The monoisotopic (exact) mass is 426 g/mol. The second-order valence-electron chi connectivity index (χ2n) is 6.84. The number of amides is 1. The van der Waals surface area contributed by atoms with Gasteiger partial charge in [0.05, 0.1) is 6.04 Å². The fraction of sp³-hybridized carbons (Fsp3) is 0.867. The molecule has 1 aliphatic rings. The Morgan fingerprint density at radius 3 is 2.41 bits per heavy atom. The van der Waals surface area contributed by atoms with E-state index < -0.39 is 5.60 Å². The molecule has 1 heterocycles. The van der Waals surface area contributed by atoms with Crippen LogP contribution in [0, 0.1) is 5.92 Å².